The first-order valence-corrected chi connectivity index (χ1v) is 6.70. The van der Waals surface area contributed by atoms with Crippen molar-refractivity contribution in [1.29, 1.82) is 0 Å². The van der Waals surface area contributed by atoms with E-state index >= 15 is 0 Å². The largest absolute Gasteiger partial charge is 0.492 e. The molecule has 2 N–H and O–H groups in total. The van der Waals surface area contributed by atoms with Gasteiger partial charge in [-0.25, -0.2) is 0 Å². The van der Waals surface area contributed by atoms with Gasteiger partial charge in [0.15, 0.2) is 0 Å². The summed E-state index contributed by atoms with van der Waals surface area (Å²) in [5, 5.41) is 0. The number of nitrogens with two attached hydrogens (primary N) is 1. The summed E-state index contributed by atoms with van der Waals surface area (Å²) in [6, 6.07) is 6.28. The van der Waals surface area contributed by atoms with E-state index in [0.717, 1.165) is 25.3 Å². The van der Waals surface area contributed by atoms with Crippen LogP contribution in [0.1, 0.15) is 25.0 Å². The van der Waals surface area contributed by atoms with Gasteiger partial charge < -0.3 is 15.4 Å². The summed E-state index contributed by atoms with van der Waals surface area (Å²) in [5.41, 5.74) is 7.99. The fourth-order valence-corrected chi connectivity index (χ4v) is 1.53. The molecule has 3 heteroatoms. The summed E-state index contributed by atoms with van der Waals surface area (Å²) < 4.78 is 5.71. The van der Waals surface area contributed by atoms with Crippen molar-refractivity contribution < 1.29 is 4.74 Å². The molecule has 104 valence electrons. The van der Waals surface area contributed by atoms with Gasteiger partial charge in [-0.05, 0) is 51.2 Å². The van der Waals surface area contributed by atoms with Crippen LogP contribution in [-0.2, 0) is 6.42 Å². The zero-order valence-corrected chi connectivity index (χ0v) is 12.5. The number of benzene rings is 1. The van der Waals surface area contributed by atoms with Gasteiger partial charge >= 0.3 is 0 Å². The monoisotopic (exact) mass is 252 g/mol. The quantitative estimate of drug-likeness (QED) is 0.845. The van der Waals surface area contributed by atoms with Gasteiger partial charge in [0.2, 0.25) is 0 Å². The zero-order valence-electron chi connectivity index (χ0n) is 12.5. The van der Waals surface area contributed by atoms with Crippen molar-refractivity contribution in [3.63, 3.8) is 0 Å². The van der Waals surface area contributed by atoms with E-state index in [4.69, 9.17) is 10.5 Å². The number of nitrogens with zero attached hydrogens (tertiary/aromatic N) is 1. The molecule has 1 aromatic carbocycles. The van der Waals surface area contributed by atoms with E-state index in [1.807, 2.05) is 34.0 Å². The Hall–Kier alpha value is -1.06. The smallest absolute Gasteiger partial charge is 0.122 e. The highest BCUT2D eigenvalue weighted by atomic mass is 16.5. The molecule has 0 radical (unpaired) electrons. The van der Waals surface area contributed by atoms with Crippen molar-refractivity contribution in [2.75, 3.05) is 33.8 Å². The van der Waals surface area contributed by atoms with E-state index in [0.29, 0.717) is 6.54 Å². The van der Waals surface area contributed by atoms with E-state index in [1.54, 1.807) is 0 Å². The third-order valence-corrected chi connectivity index (χ3v) is 2.47. The van der Waals surface area contributed by atoms with Crippen LogP contribution in [-0.4, -0.2) is 38.7 Å². The Morgan fingerprint density at radius 1 is 1.22 bits per heavy atom. The van der Waals surface area contributed by atoms with Gasteiger partial charge in [-0.2, -0.15) is 0 Å². The van der Waals surface area contributed by atoms with Crippen LogP contribution in [0.2, 0.25) is 0 Å². The first-order valence-electron chi connectivity index (χ1n) is 6.70. The van der Waals surface area contributed by atoms with Gasteiger partial charge in [0, 0.05) is 6.54 Å². The van der Waals surface area contributed by atoms with Crippen molar-refractivity contribution in [1.82, 2.24) is 4.90 Å². The first-order chi connectivity index (χ1) is 8.63. The number of hydrogen-bond donors (Lipinski definition) is 1. The molecule has 0 amide bonds. The number of ether oxygens (including phenoxy) is 1. The standard InChI is InChI=1S/C13H22N2O.C2H6/c1-11-10-12(6-7-14)4-5-13(11)16-9-8-15(2)3;1-2/h4-5,10H,6-9,14H2,1-3H3;1-2H3. The topological polar surface area (TPSA) is 38.5 Å². The Labute approximate surface area is 112 Å². The molecular weight excluding hydrogens is 224 g/mol. The first kappa shape index (κ1) is 16.9. The Bertz CT molecular complexity index is 324. The summed E-state index contributed by atoms with van der Waals surface area (Å²) in [5.74, 6) is 0.975. The lowest BCUT2D eigenvalue weighted by Gasteiger charge is -2.13. The summed E-state index contributed by atoms with van der Waals surface area (Å²) in [4.78, 5) is 2.11. The summed E-state index contributed by atoms with van der Waals surface area (Å²) in [6.45, 7) is 8.43. The van der Waals surface area contributed by atoms with Crippen LogP contribution >= 0.6 is 0 Å². The summed E-state index contributed by atoms with van der Waals surface area (Å²) in [7, 11) is 4.08. The normalized spacial score (nSPS) is 9.94. The molecule has 0 aromatic heterocycles. The molecule has 1 aromatic rings. The van der Waals surface area contributed by atoms with Crippen LogP contribution < -0.4 is 10.5 Å². The van der Waals surface area contributed by atoms with E-state index in [2.05, 4.69) is 24.0 Å². The van der Waals surface area contributed by atoms with Gasteiger partial charge in [0.1, 0.15) is 12.4 Å². The molecule has 3 nitrogen and oxygen atoms in total. The molecule has 0 saturated carbocycles. The van der Waals surface area contributed by atoms with Crippen molar-refractivity contribution in [3.8, 4) is 5.75 Å². The molecule has 0 spiro atoms. The van der Waals surface area contributed by atoms with Gasteiger partial charge in [0.05, 0.1) is 0 Å². The maximum atomic E-state index is 5.71. The maximum Gasteiger partial charge on any atom is 0.122 e. The SMILES string of the molecule is CC.Cc1cc(CCN)ccc1OCCN(C)C. The second-order valence-corrected chi connectivity index (χ2v) is 4.29. The van der Waals surface area contributed by atoms with Crippen LogP contribution in [0.25, 0.3) is 0 Å². The maximum absolute atomic E-state index is 5.71. The fourth-order valence-electron chi connectivity index (χ4n) is 1.53. The zero-order chi connectivity index (χ0) is 14.0. The predicted molar refractivity (Wildman–Crippen MR) is 79.3 cm³/mol. The highest BCUT2D eigenvalue weighted by molar-refractivity contribution is 5.36. The van der Waals surface area contributed by atoms with E-state index < -0.39 is 0 Å². The molecule has 0 heterocycles. The Kier molecular flexibility index (Phi) is 9.33. The third kappa shape index (κ3) is 6.62. The van der Waals surface area contributed by atoms with Crippen molar-refractivity contribution in [2.45, 2.75) is 27.2 Å². The van der Waals surface area contributed by atoms with Crippen molar-refractivity contribution in [3.05, 3.63) is 29.3 Å². The molecule has 0 fully saturated rings. The third-order valence-electron chi connectivity index (χ3n) is 2.47. The summed E-state index contributed by atoms with van der Waals surface area (Å²) >= 11 is 0. The molecule has 0 aliphatic carbocycles. The minimum Gasteiger partial charge on any atom is -0.492 e. The molecule has 0 aliphatic rings. The molecular formula is C15H28N2O. The van der Waals surface area contributed by atoms with E-state index in [9.17, 15) is 0 Å². The number of likely N-dealkylation sites (N-methyl/N-ethyl adjacent to an activating group) is 1. The Balaban J connectivity index is 0.00000137. The minimum atomic E-state index is 0.695. The predicted octanol–water partition coefficient (Wildman–Crippen LogP) is 2.46. The lowest BCUT2D eigenvalue weighted by Crippen LogP contribution is -2.19. The average molecular weight is 252 g/mol. The summed E-state index contributed by atoms with van der Waals surface area (Å²) in [6.07, 6.45) is 0.929. The average Bonchev–Trinajstić information content (AvgIpc) is 2.34. The Morgan fingerprint density at radius 3 is 2.39 bits per heavy atom. The van der Waals surface area contributed by atoms with Crippen molar-refractivity contribution in [2.24, 2.45) is 5.73 Å². The number of rotatable bonds is 6. The van der Waals surface area contributed by atoms with Crippen LogP contribution in [0.3, 0.4) is 0 Å². The van der Waals surface area contributed by atoms with Crippen LogP contribution in [0.15, 0.2) is 18.2 Å². The molecule has 18 heavy (non-hydrogen) atoms. The second-order valence-electron chi connectivity index (χ2n) is 4.29. The van der Waals surface area contributed by atoms with Gasteiger partial charge in [-0.3, -0.25) is 0 Å². The van der Waals surface area contributed by atoms with Gasteiger partial charge in [-0.15, -0.1) is 0 Å². The molecule has 1 rings (SSSR count). The second kappa shape index (κ2) is 9.92. The molecule has 0 atom stereocenters. The molecule has 0 aliphatic heterocycles. The van der Waals surface area contributed by atoms with E-state index in [-0.39, 0.29) is 0 Å². The van der Waals surface area contributed by atoms with E-state index in [1.165, 1.54) is 11.1 Å². The number of aryl methyl sites for hydroxylation is 1. The fraction of sp³-hybridized carbons (Fsp3) is 0.600. The van der Waals surface area contributed by atoms with Gasteiger partial charge in [-0.1, -0.05) is 26.0 Å². The van der Waals surface area contributed by atoms with Crippen LogP contribution in [0.4, 0.5) is 0 Å². The molecule has 0 saturated heterocycles. The highest BCUT2D eigenvalue weighted by Gasteiger charge is 2.01. The van der Waals surface area contributed by atoms with Crippen molar-refractivity contribution >= 4 is 0 Å². The molecule has 0 unspecified atom stereocenters. The lowest BCUT2D eigenvalue weighted by molar-refractivity contribution is 0.260. The van der Waals surface area contributed by atoms with Crippen LogP contribution in [0.5, 0.6) is 5.75 Å². The van der Waals surface area contributed by atoms with Crippen LogP contribution in [0, 0.1) is 6.92 Å². The van der Waals surface area contributed by atoms with Gasteiger partial charge in [0.25, 0.3) is 0 Å². The minimum absolute atomic E-state index is 0.695. The number of hydrogen-bond acceptors (Lipinski definition) is 3. The highest BCUT2D eigenvalue weighted by Crippen LogP contribution is 2.19. The molecule has 0 bridgehead atoms. The lowest BCUT2D eigenvalue weighted by atomic mass is 10.1. The Morgan fingerprint density at radius 2 is 1.89 bits per heavy atom.